The Kier molecular flexibility index (Phi) is 7.07. The van der Waals surface area contributed by atoms with Crippen LogP contribution in [0.3, 0.4) is 0 Å². The molecule has 0 fully saturated rings. The number of methoxy groups -OCH3 is 2. The molecule has 1 aromatic carbocycles. The van der Waals surface area contributed by atoms with Crippen LogP contribution in [0, 0.1) is 5.82 Å². The Hall–Kier alpha value is -1.46. The van der Waals surface area contributed by atoms with E-state index in [1.807, 2.05) is 0 Å². The summed E-state index contributed by atoms with van der Waals surface area (Å²) in [4.78, 5) is 11.3. The predicted molar refractivity (Wildman–Crippen MR) is 70.4 cm³/mol. The number of esters is 1. The zero-order chi connectivity index (χ0) is 14.1. The van der Waals surface area contributed by atoms with Crippen LogP contribution in [0.4, 0.5) is 4.39 Å². The van der Waals surface area contributed by atoms with Gasteiger partial charge in [-0.15, -0.1) is 0 Å². The molecule has 0 spiro atoms. The molecule has 1 N–H and O–H groups in total. The first-order chi connectivity index (χ1) is 9.15. The van der Waals surface area contributed by atoms with Gasteiger partial charge in [-0.05, 0) is 24.1 Å². The van der Waals surface area contributed by atoms with Gasteiger partial charge in [0.25, 0.3) is 0 Å². The first kappa shape index (κ1) is 15.6. The van der Waals surface area contributed by atoms with E-state index in [9.17, 15) is 9.18 Å². The lowest BCUT2D eigenvalue weighted by atomic mass is 10.0. The van der Waals surface area contributed by atoms with Gasteiger partial charge >= 0.3 is 5.97 Å². The number of ether oxygens (including phenoxy) is 2. The summed E-state index contributed by atoms with van der Waals surface area (Å²) in [5.74, 6) is -0.530. The molecule has 0 saturated carbocycles. The quantitative estimate of drug-likeness (QED) is 0.574. The van der Waals surface area contributed by atoms with Crippen LogP contribution in [0.15, 0.2) is 24.3 Å². The Morgan fingerprint density at radius 3 is 2.58 bits per heavy atom. The minimum Gasteiger partial charge on any atom is -0.469 e. The van der Waals surface area contributed by atoms with Crippen molar-refractivity contribution in [2.24, 2.45) is 0 Å². The predicted octanol–water partition coefficient (Wildman–Crippen LogP) is 1.54. The van der Waals surface area contributed by atoms with Crippen LogP contribution in [0.2, 0.25) is 0 Å². The highest BCUT2D eigenvalue weighted by molar-refractivity contribution is 5.69. The van der Waals surface area contributed by atoms with Crippen LogP contribution < -0.4 is 5.32 Å². The van der Waals surface area contributed by atoms with E-state index in [0.29, 0.717) is 19.6 Å². The van der Waals surface area contributed by atoms with Crippen LogP contribution in [-0.2, 0) is 20.7 Å². The Labute approximate surface area is 112 Å². The van der Waals surface area contributed by atoms with E-state index in [1.54, 1.807) is 19.2 Å². The van der Waals surface area contributed by atoms with Crippen LogP contribution in [0.5, 0.6) is 0 Å². The second-order valence-electron chi connectivity index (χ2n) is 4.25. The Morgan fingerprint density at radius 1 is 1.32 bits per heavy atom. The molecule has 0 bridgehead atoms. The summed E-state index contributed by atoms with van der Waals surface area (Å²) in [6.45, 7) is 1.22. The fraction of sp³-hybridized carbons (Fsp3) is 0.500. The molecule has 1 aromatic rings. The zero-order valence-electron chi connectivity index (χ0n) is 11.3. The molecule has 1 unspecified atom stereocenters. The van der Waals surface area contributed by atoms with E-state index in [2.05, 4.69) is 10.1 Å². The summed E-state index contributed by atoms with van der Waals surface area (Å²) >= 11 is 0. The highest BCUT2D eigenvalue weighted by atomic mass is 19.1. The topological polar surface area (TPSA) is 47.6 Å². The van der Waals surface area contributed by atoms with Crippen molar-refractivity contribution < 1.29 is 18.7 Å². The average Bonchev–Trinajstić information content (AvgIpc) is 2.41. The normalized spacial score (nSPS) is 12.2. The van der Waals surface area contributed by atoms with Crippen LogP contribution in [0.25, 0.3) is 0 Å². The third-order valence-electron chi connectivity index (χ3n) is 2.78. The van der Waals surface area contributed by atoms with Crippen LogP contribution in [-0.4, -0.2) is 39.4 Å². The molecule has 0 heterocycles. The summed E-state index contributed by atoms with van der Waals surface area (Å²) in [5, 5.41) is 3.23. The highest BCUT2D eigenvalue weighted by Gasteiger charge is 2.14. The van der Waals surface area contributed by atoms with Crippen molar-refractivity contribution in [3.05, 3.63) is 35.6 Å². The third-order valence-corrected chi connectivity index (χ3v) is 2.78. The summed E-state index contributed by atoms with van der Waals surface area (Å²) in [6.07, 6.45) is 0.913. The minimum absolute atomic E-state index is 0.0481. The largest absolute Gasteiger partial charge is 0.469 e. The van der Waals surface area contributed by atoms with E-state index in [0.717, 1.165) is 5.56 Å². The van der Waals surface area contributed by atoms with E-state index >= 15 is 0 Å². The lowest BCUT2D eigenvalue weighted by Gasteiger charge is -2.17. The lowest BCUT2D eigenvalue weighted by Crippen LogP contribution is -2.35. The summed E-state index contributed by atoms with van der Waals surface area (Å²) in [6, 6.07) is 6.22. The van der Waals surface area contributed by atoms with Crippen LogP contribution >= 0.6 is 0 Å². The smallest absolute Gasteiger partial charge is 0.307 e. The van der Waals surface area contributed by atoms with Gasteiger partial charge in [0.05, 0.1) is 20.1 Å². The van der Waals surface area contributed by atoms with Gasteiger partial charge in [0.1, 0.15) is 5.82 Å². The SMILES string of the molecule is COCCNC(CC(=O)OC)Cc1ccc(F)cc1. The number of hydrogen-bond acceptors (Lipinski definition) is 4. The van der Waals surface area contributed by atoms with Gasteiger partial charge in [-0.1, -0.05) is 12.1 Å². The van der Waals surface area contributed by atoms with Gasteiger partial charge in [0.2, 0.25) is 0 Å². The van der Waals surface area contributed by atoms with Crippen molar-refractivity contribution in [2.45, 2.75) is 18.9 Å². The maximum atomic E-state index is 12.8. The van der Waals surface area contributed by atoms with Gasteiger partial charge in [-0.25, -0.2) is 4.39 Å². The van der Waals surface area contributed by atoms with E-state index < -0.39 is 0 Å². The molecule has 5 heteroatoms. The standard InChI is InChI=1S/C14H20FNO3/c1-18-8-7-16-13(10-14(17)19-2)9-11-3-5-12(15)6-4-11/h3-6,13,16H,7-10H2,1-2H3. The monoisotopic (exact) mass is 269 g/mol. The molecule has 0 amide bonds. The molecule has 4 nitrogen and oxygen atoms in total. The fourth-order valence-electron chi connectivity index (χ4n) is 1.77. The van der Waals surface area contributed by atoms with Crippen LogP contribution in [0.1, 0.15) is 12.0 Å². The molecule has 0 aromatic heterocycles. The highest BCUT2D eigenvalue weighted by Crippen LogP contribution is 2.08. The fourth-order valence-corrected chi connectivity index (χ4v) is 1.77. The number of benzene rings is 1. The average molecular weight is 269 g/mol. The summed E-state index contributed by atoms with van der Waals surface area (Å²) in [7, 11) is 2.99. The second-order valence-corrected chi connectivity index (χ2v) is 4.25. The molecule has 106 valence electrons. The number of halogens is 1. The van der Waals surface area contributed by atoms with Crippen molar-refractivity contribution in [3.63, 3.8) is 0 Å². The zero-order valence-corrected chi connectivity index (χ0v) is 11.3. The van der Waals surface area contributed by atoms with E-state index in [-0.39, 0.29) is 24.2 Å². The molecular weight excluding hydrogens is 249 g/mol. The van der Waals surface area contributed by atoms with Gasteiger partial charge < -0.3 is 14.8 Å². The van der Waals surface area contributed by atoms with Crippen molar-refractivity contribution in [1.82, 2.24) is 5.32 Å². The van der Waals surface area contributed by atoms with Gasteiger partial charge in [0, 0.05) is 19.7 Å². The molecule has 0 aliphatic heterocycles. The molecular formula is C14H20FNO3. The third kappa shape index (κ3) is 6.31. The summed E-state index contributed by atoms with van der Waals surface area (Å²) in [5.41, 5.74) is 0.972. The molecule has 0 saturated heterocycles. The van der Waals surface area contributed by atoms with Crippen molar-refractivity contribution in [2.75, 3.05) is 27.4 Å². The number of hydrogen-bond donors (Lipinski definition) is 1. The summed E-state index contributed by atoms with van der Waals surface area (Å²) < 4.78 is 22.5. The second kappa shape index (κ2) is 8.61. The maximum Gasteiger partial charge on any atom is 0.307 e. The molecule has 1 rings (SSSR count). The first-order valence-corrected chi connectivity index (χ1v) is 6.19. The lowest BCUT2D eigenvalue weighted by molar-refractivity contribution is -0.141. The van der Waals surface area contributed by atoms with Crippen molar-refractivity contribution in [3.8, 4) is 0 Å². The van der Waals surface area contributed by atoms with Crippen molar-refractivity contribution >= 4 is 5.97 Å². The Morgan fingerprint density at radius 2 is 2.00 bits per heavy atom. The molecule has 0 aliphatic rings. The van der Waals surface area contributed by atoms with Gasteiger partial charge in [-0.3, -0.25) is 4.79 Å². The molecule has 19 heavy (non-hydrogen) atoms. The molecule has 0 radical (unpaired) electrons. The molecule has 1 atom stereocenters. The number of rotatable bonds is 8. The van der Waals surface area contributed by atoms with E-state index in [4.69, 9.17) is 4.74 Å². The van der Waals surface area contributed by atoms with Gasteiger partial charge in [-0.2, -0.15) is 0 Å². The van der Waals surface area contributed by atoms with E-state index in [1.165, 1.54) is 19.2 Å². The van der Waals surface area contributed by atoms with Crippen molar-refractivity contribution in [1.29, 1.82) is 0 Å². The number of nitrogens with one attached hydrogen (secondary N) is 1. The number of carbonyl (C=O) groups is 1. The Balaban J connectivity index is 2.56. The number of carbonyl (C=O) groups excluding carboxylic acids is 1. The minimum atomic E-state index is -0.267. The Bertz CT molecular complexity index is 381. The maximum absolute atomic E-state index is 12.8. The molecule has 0 aliphatic carbocycles. The van der Waals surface area contributed by atoms with Gasteiger partial charge in [0.15, 0.2) is 0 Å². The first-order valence-electron chi connectivity index (χ1n) is 6.19.